The van der Waals surface area contributed by atoms with Crippen LogP contribution in [0, 0.1) is 0 Å². The fourth-order valence-electron chi connectivity index (χ4n) is 2.93. The lowest BCUT2D eigenvalue weighted by Gasteiger charge is -2.13. The Labute approximate surface area is 143 Å². The van der Waals surface area contributed by atoms with Crippen molar-refractivity contribution in [1.82, 2.24) is 4.90 Å². The van der Waals surface area contributed by atoms with Gasteiger partial charge in [0.2, 0.25) is 12.7 Å². The van der Waals surface area contributed by atoms with E-state index in [2.05, 4.69) is 0 Å². The van der Waals surface area contributed by atoms with E-state index < -0.39 is 0 Å². The molecule has 1 N–H and O–H groups in total. The number of aromatic hydroxyl groups is 1. The maximum Gasteiger partial charge on any atom is 0.257 e. The number of imide groups is 1. The number of ether oxygens (including phenoxy) is 2. The maximum atomic E-state index is 12.6. The number of carbonyl (C=O) groups is 2. The number of hydrogen-bond donors (Lipinski definition) is 1. The van der Waals surface area contributed by atoms with E-state index in [1.54, 1.807) is 42.5 Å². The van der Waals surface area contributed by atoms with Crippen molar-refractivity contribution in [3.8, 4) is 17.2 Å². The van der Waals surface area contributed by atoms with Gasteiger partial charge in [0.15, 0.2) is 11.5 Å². The Morgan fingerprint density at radius 2 is 1.92 bits per heavy atom. The second kappa shape index (κ2) is 5.98. The van der Waals surface area contributed by atoms with Gasteiger partial charge in [0.25, 0.3) is 5.91 Å². The zero-order chi connectivity index (χ0) is 17.4. The number of hydrogen-bond acceptors (Lipinski definition) is 5. The highest BCUT2D eigenvalue weighted by Gasteiger charge is 2.33. The van der Waals surface area contributed by atoms with E-state index in [0.717, 1.165) is 5.56 Å². The molecule has 6 nitrogen and oxygen atoms in total. The molecule has 4 rings (SSSR count). The number of fused-ring (bicyclic) bond motifs is 1. The van der Waals surface area contributed by atoms with Gasteiger partial charge in [0, 0.05) is 5.57 Å². The molecule has 6 heteroatoms. The second-order valence-electron chi connectivity index (χ2n) is 5.91. The molecule has 0 spiro atoms. The molecule has 0 bridgehead atoms. The van der Waals surface area contributed by atoms with Crippen LogP contribution in [-0.2, 0) is 16.1 Å². The average Bonchev–Trinajstić information content (AvgIpc) is 3.15. The predicted octanol–water partition coefficient (Wildman–Crippen LogP) is 2.46. The molecule has 2 amide bonds. The van der Waals surface area contributed by atoms with Crippen molar-refractivity contribution in [2.24, 2.45) is 0 Å². The summed E-state index contributed by atoms with van der Waals surface area (Å²) in [6.07, 6.45) is 1.69. The Morgan fingerprint density at radius 3 is 2.76 bits per heavy atom. The van der Waals surface area contributed by atoms with Crippen LogP contribution in [0.5, 0.6) is 17.2 Å². The van der Waals surface area contributed by atoms with E-state index in [-0.39, 0.29) is 37.3 Å². The third kappa shape index (κ3) is 2.94. The van der Waals surface area contributed by atoms with Crippen LogP contribution in [0.3, 0.4) is 0 Å². The van der Waals surface area contributed by atoms with Crippen molar-refractivity contribution in [3.05, 3.63) is 59.2 Å². The lowest BCUT2D eigenvalue weighted by molar-refractivity contribution is -0.138. The van der Waals surface area contributed by atoms with E-state index in [1.165, 1.54) is 4.90 Å². The monoisotopic (exact) mass is 337 g/mol. The molecule has 1 saturated heterocycles. The van der Waals surface area contributed by atoms with Gasteiger partial charge >= 0.3 is 0 Å². The van der Waals surface area contributed by atoms with Crippen LogP contribution in [0.25, 0.3) is 6.08 Å². The summed E-state index contributed by atoms with van der Waals surface area (Å²) in [7, 11) is 0. The highest BCUT2D eigenvalue weighted by Crippen LogP contribution is 2.33. The molecule has 2 heterocycles. The Balaban J connectivity index is 1.55. The molecule has 0 radical (unpaired) electrons. The summed E-state index contributed by atoms with van der Waals surface area (Å²) in [6.45, 7) is 0.364. The van der Waals surface area contributed by atoms with E-state index in [4.69, 9.17) is 9.47 Å². The normalized spacial score (nSPS) is 17.6. The lowest BCUT2D eigenvalue weighted by Crippen LogP contribution is -2.28. The fourth-order valence-corrected chi connectivity index (χ4v) is 2.93. The van der Waals surface area contributed by atoms with Crippen LogP contribution in [0.4, 0.5) is 0 Å². The van der Waals surface area contributed by atoms with Crippen LogP contribution in [-0.4, -0.2) is 28.6 Å². The Bertz CT molecular complexity index is 902. The van der Waals surface area contributed by atoms with Crippen molar-refractivity contribution in [3.63, 3.8) is 0 Å². The molecule has 2 aromatic carbocycles. The summed E-state index contributed by atoms with van der Waals surface area (Å²) in [5.41, 5.74) is 1.89. The zero-order valence-corrected chi connectivity index (χ0v) is 13.3. The standard InChI is InChI=1S/C19H15NO5/c21-15-3-1-2-12(7-15)6-14-9-18(22)20(19(14)23)10-13-4-5-16-17(8-13)25-11-24-16/h1-8,21H,9-11H2/b14-6-. The van der Waals surface area contributed by atoms with Gasteiger partial charge in [-0.15, -0.1) is 0 Å². The smallest absolute Gasteiger partial charge is 0.257 e. The summed E-state index contributed by atoms with van der Waals surface area (Å²) in [5.74, 6) is 0.836. The summed E-state index contributed by atoms with van der Waals surface area (Å²) in [4.78, 5) is 26.0. The van der Waals surface area contributed by atoms with Crippen LogP contribution in [0.1, 0.15) is 17.5 Å². The van der Waals surface area contributed by atoms with Crippen molar-refractivity contribution in [2.45, 2.75) is 13.0 Å². The van der Waals surface area contributed by atoms with E-state index in [9.17, 15) is 14.7 Å². The van der Waals surface area contributed by atoms with Crippen molar-refractivity contribution >= 4 is 17.9 Å². The van der Waals surface area contributed by atoms with Crippen LogP contribution >= 0.6 is 0 Å². The zero-order valence-electron chi connectivity index (χ0n) is 13.3. The summed E-state index contributed by atoms with van der Waals surface area (Å²) < 4.78 is 10.6. The first-order valence-corrected chi connectivity index (χ1v) is 7.83. The fraction of sp³-hybridized carbons (Fsp3) is 0.158. The number of phenolic OH excluding ortho intramolecular Hbond substituents is 1. The molecule has 0 aliphatic carbocycles. The van der Waals surface area contributed by atoms with Crippen molar-refractivity contribution < 1.29 is 24.2 Å². The molecule has 2 aliphatic heterocycles. The van der Waals surface area contributed by atoms with Gasteiger partial charge in [-0.1, -0.05) is 18.2 Å². The maximum absolute atomic E-state index is 12.6. The van der Waals surface area contributed by atoms with E-state index >= 15 is 0 Å². The van der Waals surface area contributed by atoms with Crippen molar-refractivity contribution in [2.75, 3.05) is 6.79 Å². The summed E-state index contributed by atoms with van der Waals surface area (Å²) in [5, 5.41) is 9.51. The average molecular weight is 337 g/mol. The van der Waals surface area contributed by atoms with Gasteiger partial charge in [0.05, 0.1) is 13.0 Å². The SMILES string of the molecule is O=C1C/C(=C/c2cccc(O)c2)C(=O)N1Cc1ccc2c(c1)OCO2. The molecule has 0 aromatic heterocycles. The van der Waals surface area contributed by atoms with Gasteiger partial charge in [-0.2, -0.15) is 0 Å². The quantitative estimate of drug-likeness (QED) is 0.688. The third-order valence-electron chi connectivity index (χ3n) is 4.15. The van der Waals surface area contributed by atoms with Crippen molar-refractivity contribution in [1.29, 1.82) is 0 Å². The van der Waals surface area contributed by atoms with Crippen LogP contribution < -0.4 is 9.47 Å². The molecule has 126 valence electrons. The topological polar surface area (TPSA) is 76.1 Å². The number of rotatable bonds is 3. The number of phenols is 1. The predicted molar refractivity (Wildman–Crippen MR) is 88.8 cm³/mol. The summed E-state index contributed by atoms with van der Waals surface area (Å²) >= 11 is 0. The summed E-state index contributed by atoms with van der Waals surface area (Å²) in [6, 6.07) is 11.9. The van der Waals surface area contributed by atoms with Gasteiger partial charge in [-0.25, -0.2) is 0 Å². The first-order chi connectivity index (χ1) is 12.1. The van der Waals surface area contributed by atoms with Crippen LogP contribution in [0.2, 0.25) is 0 Å². The molecule has 25 heavy (non-hydrogen) atoms. The Morgan fingerprint density at radius 1 is 1.08 bits per heavy atom. The second-order valence-corrected chi connectivity index (χ2v) is 5.91. The number of likely N-dealkylation sites (tertiary alicyclic amines) is 1. The number of nitrogens with zero attached hydrogens (tertiary/aromatic N) is 1. The third-order valence-corrected chi connectivity index (χ3v) is 4.15. The highest BCUT2D eigenvalue weighted by molar-refractivity contribution is 6.15. The molecular formula is C19H15NO5. The lowest BCUT2D eigenvalue weighted by atomic mass is 10.1. The van der Waals surface area contributed by atoms with Gasteiger partial charge in [0.1, 0.15) is 5.75 Å². The highest BCUT2D eigenvalue weighted by atomic mass is 16.7. The van der Waals surface area contributed by atoms with E-state index in [1.807, 2.05) is 6.07 Å². The van der Waals surface area contributed by atoms with Gasteiger partial charge in [-0.05, 0) is 41.5 Å². The van der Waals surface area contributed by atoms with Gasteiger partial charge in [-0.3, -0.25) is 14.5 Å². The molecule has 0 unspecified atom stereocenters. The van der Waals surface area contributed by atoms with Gasteiger partial charge < -0.3 is 14.6 Å². The largest absolute Gasteiger partial charge is 0.508 e. The first kappa shape index (κ1) is 15.3. The number of amides is 2. The molecule has 2 aromatic rings. The molecule has 1 fully saturated rings. The number of benzene rings is 2. The minimum absolute atomic E-state index is 0.0546. The molecule has 2 aliphatic rings. The Hall–Kier alpha value is -3.28. The molecule has 0 saturated carbocycles. The minimum atomic E-state index is -0.314. The van der Waals surface area contributed by atoms with E-state index in [0.29, 0.717) is 22.6 Å². The first-order valence-electron chi connectivity index (χ1n) is 7.83. The minimum Gasteiger partial charge on any atom is -0.508 e. The number of carbonyl (C=O) groups excluding carboxylic acids is 2. The molecule has 0 atom stereocenters. The molecular weight excluding hydrogens is 322 g/mol. The van der Waals surface area contributed by atoms with Crippen LogP contribution in [0.15, 0.2) is 48.0 Å². The Kier molecular flexibility index (Phi) is 3.65.